The maximum absolute atomic E-state index is 12.4. The molecule has 1 aromatic carbocycles. The van der Waals surface area contributed by atoms with Crippen LogP contribution < -0.4 is 9.46 Å². The molecular weight excluding hydrogens is 326 g/mol. The Bertz CT molecular complexity index is 937. The van der Waals surface area contributed by atoms with Gasteiger partial charge in [0.15, 0.2) is 0 Å². The average molecular weight is 338 g/mol. The highest BCUT2D eigenvalue weighted by Gasteiger charge is 2.16. The van der Waals surface area contributed by atoms with E-state index in [1.54, 1.807) is 35.1 Å². The lowest BCUT2D eigenvalue weighted by Crippen LogP contribution is -2.13. The van der Waals surface area contributed by atoms with Gasteiger partial charge in [0.2, 0.25) is 0 Å². The van der Waals surface area contributed by atoms with Crippen molar-refractivity contribution in [3.8, 4) is 5.75 Å². The van der Waals surface area contributed by atoms with E-state index >= 15 is 0 Å². The number of pyridine rings is 1. The molecule has 0 aliphatic heterocycles. The molecule has 0 amide bonds. The minimum Gasteiger partial charge on any atom is -0.495 e. The largest absolute Gasteiger partial charge is 0.495 e. The Morgan fingerprint density at radius 3 is 2.82 bits per heavy atom. The summed E-state index contributed by atoms with van der Waals surface area (Å²) in [4.78, 5) is 4.16. The maximum Gasteiger partial charge on any atom is 0.261 e. The molecular formula is C14H12ClN3O3S. The van der Waals surface area contributed by atoms with Gasteiger partial charge >= 0.3 is 0 Å². The quantitative estimate of drug-likeness (QED) is 0.794. The van der Waals surface area contributed by atoms with Gasteiger partial charge in [0.05, 0.1) is 22.7 Å². The summed E-state index contributed by atoms with van der Waals surface area (Å²) >= 11 is 5.97. The number of anilines is 1. The highest BCUT2D eigenvalue weighted by molar-refractivity contribution is 7.92. The summed E-state index contributed by atoms with van der Waals surface area (Å²) in [6, 6.07) is 7.65. The second-order valence-corrected chi connectivity index (χ2v) is 6.60. The highest BCUT2D eigenvalue weighted by atomic mass is 35.5. The number of hydrogen-bond donors (Lipinski definition) is 1. The topological polar surface area (TPSA) is 72.7 Å². The van der Waals surface area contributed by atoms with Crippen molar-refractivity contribution in [2.24, 2.45) is 0 Å². The predicted octanol–water partition coefficient (Wildman–Crippen LogP) is 2.80. The van der Waals surface area contributed by atoms with E-state index in [-0.39, 0.29) is 9.92 Å². The van der Waals surface area contributed by atoms with Gasteiger partial charge in [-0.05, 0) is 30.3 Å². The normalized spacial score (nSPS) is 11.5. The molecule has 3 aromatic rings. The summed E-state index contributed by atoms with van der Waals surface area (Å²) in [6.45, 7) is 0. The Morgan fingerprint density at radius 2 is 2.09 bits per heavy atom. The fourth-order valence-corrected chi connectivity index (χ4v) is 3.40. The molecule has 6 nitrogen and oxygen atoms in total. The lowest BCUT2D eigenvalue weighted by Gasteiger charge is -2.10. The molecule has 0 fully saturated rings. The van der Waals surface area contributed by atoms with Crippen LogP contribution in [0.15, 0.2) is 53.8 Å². The molecule has 3 rings (SSSR count). The standard InChI is InChI=1S/C14H12ClN3O3S/c1-21-13-4-3-11(8-12(13)15)22(19,20)17-10-2-5-14-16-6-7-18(14)9-10/h2-9,17H,1H3. The van der Waals surface area contributed by atoms with Gasteiger partial charge in [-0.25, -0.2) is 13.4 Å². The van der Waals surface area contributed by atoms with Crippen LogP contribution in [0.4, 0.5) is 5.69 Å². The summed E-state index contributed by atoms with van der Waals surface area (Å²) in [5, 5.41) is 0.232. The van der Waals surface area contributed by atoms with Crippen molar-refractivity contribution in [2.45, 2.75) is 4.90 Å². The van der Waals surface area contributed by atoms with Crippen LogP contribution in [0.25, 0.3) is 5.65 Å². The number of rotatable bonds is 4. The first-order valence-corrected chi connectivity index (χ1v) is 8.15. The average Bonchev–Trinajstić information content (AvgIpc) is 2.94. The Morgan fingerprint density at radius 1 is 1.27 bits per heavy atom. The molecule has 0 spiro atoms. The molecule has 2 heterocycles. The van der Waals surface area contributed by atoms with Gasteiger partial charge in [-0.2, -0.15) is 0 Å². The Kier molecular flexibility index (Phi) is 3.67. The van der Waals surface area contributed by atoms with Crippen LogP contribution in [0.3, 0.4) is 0 Å². The minimum atomic E-state index is -3.74. The van der Waals surface area contributed by atoms with Gasteiger partial charge < -0.3 is 9.14 Å². The fraction of sp³-hybridized carbons (Fsp3) is 0.0714. The number of aromatic nitrogens is 2. The number of halogens is 1. The lowest BCUT2D eigenvalue weighted by atomic mass is 10.3. The molecule has 1 N–H and O–H groups in total. The van der Waals surface area contributed by atoms with Gasteiger partial charge in [0, 0.05) is 18.6 Å². The molecule has 2 aromatic heterocycles. The number of methoxy groups -OCH3 is 1. The van der Waals surface area contributed by atoms with Crippen LogP contribution in [0.2, 0.25) is 5.02 Å². The maximum atomic E-state index is 12.4. The van der Waals surface area contributed by atoms with E-state index in [9.17, 15) is 8.42 Å². The second-order valence-electron chi connectivity index (χ2n) is 4.51. The fourth-order valence-electron chi connectivity index (χ4n) is 2.01. The molecule has 22 heavy (non-hydrogen) atoms. The zero-order chi connectivity index (χ0) is 15.7. The van der Waals surface area contributed by atoms with E-state index in [0.29, 0.717) is 11.4 Å². The molecule has 0 saturated heterocycles. The number of benzene rings is 1. The summed E-state index contributed by atoms with van der Waals surface area (Å²) < 4.78 is 34.0. The minimum absolute atomic E-state index is 0.0593. The number of fused-ring (bicyclic) bond motifs is 1. The summed E-state index contributed by atoms with van der Waals surface area (Å²) in [6.07, 6.45) is 5.01. The van der Waals surface area contributed by atoms with E-state index in [4.69, 9.17) is 16.3 Å². The molecule has 0 bridgehead atoms. The van der Waals surface area contributed by atoms with E-state index in [1.807, 2.05) is 0 Å². The van der Waals surface area contributed by atoms with Crippen molar-refractivity contribution in [1.82, 2.24) is 9.38 Å². The summed E-state index contributed by atoms with van der Waals surface area (Å²) in [5.74, 6) is 0.417. The van der Waals surface area contributed by atoms with E-state index in [1.165, 1.54) is 25.3 Å². The van der Waals surface area contributed by atoms with Crippen molar-refractivity contribution < 1.29 is 13.2 Å². The molecule has 0 unspecified atom stereocenters. The van der Waals surface area contributed by atoms with Gasteiger partial charge in [0.1, 0.15) is 11.4 Å². The molecule has 0 radical (unpaired) electrons. The Hall–Kier alpha value is -2.25. The van der Waals surface area contributed by atoms with Gasteiger partial charge in [0.25, 0.3) is 10.0 Å². The highest BCUT2D eigenvalue weighted by Crippen LogP contribution is 2.27. The number of sulfonamides is 1. The zero-order valence-corrected chi connectivity index (χ0v) is 13.1. The Balaban J connectivity index is 1.93. The first-order chi connectivity index (χ1) is 10.5. The molecule has 114 valence electrons. The second kappa shape index (κ2) is 5.51. The predicted molar refractivity (Wildman–Crippen MR) is 84.0 cm³/mol. The summed E-state index contributed by atoms with van der Waals surface area (Å²) in [5.41, 5.74) is 1.16. The lowest BCUT2D eigenvalue weighted by molar-refractivity contribution is 0.414. The Labute approximate surface area is 132 Å². The molecule has 0 atom stereocenters. The first-order valence-electron chi connectivity index (χ1n) is 6.29. The third kappa shape index (κ3) is 2.72. The number of ether oxygens (including phenoxy) is 1. The molecule has 0 aliphatic rings. The van der Waals surface area contributed by atoms with Crippen LogP contribution in [-0.2, 0) is 10.0 Å². The van der Waals surface area contributed by atoms with Crippen molar-refractivity contribution in [3.05, 3.63) is 53.9 Å². The number of hydrogen-bond acceptors (Lipinski definition) is 4. The van der Waals surface area contributed by atoms with E-state index in [2.05, 4.69) is 9.71 Å². The number of imidazole rings is 1. The number of nitrogens with one attached hydrogen (secondary N) is 1. The van der Waals surface area contributed by atoms with Crippen LogP contribution in [0.5, 0.6) is 5.75 Å². The third-order valence-corrected chi connectivity index (χ3v) is 4.75. The van der Waals surface area contributed by atoms with Crippen LogP contribution in [0, 0.1) is 0 Å². The van der Waals surface area contributed by atoms with Crippen LogP contribution in [-0.4, -0.2) is 24.9 Å². The third-order valence-electron chi connectivity index (χ3n) is 3.07. The zero-order valence-electron chi connectivity index (χ0n) is 11.5. The van der Waals surface area contributed by atoms with Crippen molar-refractivity contribution >= 4 is 33.0 Å². The van der Waals surface area contributed by atoms with E-state index < -0.39 is 10.0 Å². The van der Waals surface area contributed by atoms with Crippen LogP contribution in [0.1, 0.15) is 0 Å². The molecule has 8 heteroatoms. The van der Waals surface area contributed by atoms with Crippen molar-refractivity contribution in [2.75, 3.05) is 11.8 Å². The van der Waals surface area contributed by atoms with E-state index in [0.717, 1.165) is 5.65 Å². The van der Waals surface area contributed by atoms with Gasteiger partial charge in [-0.15, -0.1) is 0 Å². The summed E-state index contributed by atoms with van der Waals surface area (Å²) in [7, 11) is -2.27. The van der Waals surface area contributed by atoms with Crippen LogP contribution >= 0.6 is 11.6 Å². The molecule has 0 aliphatic carbocycles. The SMILES string of the molecule is COc1ccc(S(=O)(=O)Nc2ccc3nccn3c2)cc1Cl. The smallest absolute Gasteiger partial charge is 0.261 e. The van der Waals surface area contributed by atoms with Crippen molar-refractivity contribution in [1.29, 1.82) is 0 Å². The van der Waals surface area contributed by atoms with Crippen molar-refractivity contribution in [3.63, 3.8) is 0 Å². The van der Waals surface area contributed by atoms with Gasteiger partial charge in [-0.3, -0.25) is 4.72 Å². The van der Waals surface area contributed by atoms with Gasteiger partial charge in [-0.1, -0.05) is 11.6 Å². The number of nitrogens with zero attached hydrogens (tertiary/aromatic N) is 2. The monoisotopic (exact) mass is 337 g/mol. The molecule has 0 saturated carbocycles. The first kappa shape index (κ1) is 14.7.